The summed E-state index contributed by atoms with van der Waals surface area (Å²) >= 11 is 0. The van der Waals surface area contributed by atoms with Crippen LogP contribution in [0.4, 0.5) is 10.1 Å². The number of rotatable bonds is 6. The molecule has 0 spiro atoms. The van der Waals surface area contributed by atoms with E-state index >= 15 is 0 Å². The van der Waals surface area contributed by atoms with E-state index in [1.165, 1.54) is 49.6 Å². The molecular weight excluding hydrogens is 371 g/mol. The number of benzene rings is 2. The van der Waals surface area contributed by atoms with Crippen LogP contribution in [0, 0.1) is 5.82 Å². The van der Waals surface area contributed by atoms with Gasteiger partial charge in [-0.05, 0) is 49.2 Å². The highest BCUT2D eigenvalue weighted by molar-refractivity contribution is 7.89. The van der Waals surface area contributed by atoms with E-state index in [0.29, 0.717) is 30.0 Å². The average Bonchev–Trinajstić information content (AvgIpc) is 3.07. The molecule has 0 aliphatic carbocycles. The number of carbonyl (C=O) groups excluding carboxylic acids is 1. The van der Waals surface area contributed by atoms with Crippen molar-refractivity contribution < 1.29 is 22.3 Å². The van der Waals surface area contributed by atoms with Crippen molar-refractivity contribution in [1.29, 1.82) is 0 Å². The third-order valence-corrected chi connectivity index (χ3v) is 6.07. The van der Waals surface area contributed by atoms with Crippen LogP contribution in [-0.4, -0.2) is 28.0 Å². The van der Waals surface area contributed by atoms with Crippen LogP contribution in [0.5, 0.6) is 5.75 Å². The molecule has 1 saturated heterocycles. The second-order valence-corrected chi connectivity index (χ2v) is 8.09. The van der Waals surface area contributed by atoms with Gasteiger partial charge in [-0.3, -0.25) is 4.79 Å². The molecule has 1 heterocycles. The Kier molecular flexibility index (Phi) is 5.48. The fourth-order valence-corrected chi connectivity index (χ4v) is 4.32. The van der Waals surface area contributed by atoms with Gasteiger partial charge < -0.3 is 9.64 Å². The first-order valence-electron chi connectivity index (χ1n) is 8.58. The van der Waals surface area contributed by atoms with E-state index in [1.54, 1.807) is 11.8 Å². The highest BCUT2D eigenvalue weighted by Crippen LogP contribution is 2.34. The van der Waals surface area contributed by atoms with E-state index in [9.17, 15) is 17.6 Å². The first-order chi connectivity index (χ1) is 12.8. The van der Waals surface area contributed by atoms with Crippen molar-refractivity contribution in [3.63, 3.8) is 0 Å². The van der Waals surface area contributed by atoms with Gasteiger partial charge in [0, 0.05) is 19.0 Å². The number of sulfonamides is 1. The Morgan fingerprint density at radius 1 is 1.19 bits per heavy atom. The van der Waals surface area contributed by atoms with Gasteiger partial charge >= 0.3 is 0 Å². The average molecular weight is 392 g/mol. The molecule has 27 heavy (non-hydrogen) atoms. The van der Waals surface area contributed by atoms with Gasteiger partial charge in [0.25, 0.3) is 0 Å². The van der Waals surface area contributed by atoms with Crippen LogP contribution in [0.2, 0.25) is 0 Å². The lowest BCUT2D eigenvalue weighted by Gasteiger charge is -2.21. The van der Waals surface area contributed by atoms with Crippen LogP contribution in [0.15, 0.2) is 47.4 Å². The summed E-state index contributed by atoms with van der Waals surface area (Å²) in [5, 5.41) is 0. The third kappa shape index (κ3) is 4.12. The van der Waals surface area contributed by atoms with Crippen molar-refractivity contribution in [2.45, 2.75) is 30.7 Å². The minimum absolute atomic E-state index is 0.0342. The molecule has 8 heteroatoms. The summed E-state index contributed by atoms with van der Waals surface area (Å²) < 4.78 is 46.5. The molecule has 1 aliphatic heterocycles. The Labute approximate surface area is 158 Å². The SMILES string of the molecule is COc1ccc(S(=O)(=O)N[C@@H](C)c2ccc(F)cc2)cc1N1CCCC1=O. The number of methoxy groups -OCH3 is 1. The molecule has 6 nitrogen and oxygen atoms in total. The van der Waals surface area contributed by atoms with Gasteiger partial charge in [0.05, 0.1) is 17.7 Å². The second kappa shape index (κ2) is 7.66. The Hall–Kier alpha value is -2.45. The molecule has 1 fully saturated rings. The summed E-state index contributed by atoms with van der Waals surface area (Å²) in [7, 11) is -2.37. The molecule has 0 radical (unpaired) electrons. The number of carbonyl (C=O) groups is 1. The highest BCUT2D eigenvalue weighted by Gasteiger charge is 2.27. The Morgan fingerprint density at radius 3 is 2.48 bits per heavy atom. The van der Waals surface area contributed by atoms with Gasteiger partial charge in [0.1, 0.15) is 11.6 Å². The van der Waals surface area contributed by atoms with Crippen LogP contribution >= 0.6 is 0 Å². The van der Waals surface area contributed by atoms with Crippen LogP contribution in [0.25, 0.3) is 0 Å². The molecule has 1 N–H and O–H groups in total. The van der Waals surface area contributed by atoms with Gasteiger partial charge in [0.15, 0.2) is 0 Å². The van der Waals surface area contributed by atoms with Crippen LogP contribution in [-0.2, 0) is 14.8 Å². The summed E-state index contributed by atoms with van der Waals surface area (Å²) in [4.78, 5) is 13.6. The maximum atomic E-state index is 13.1. The molecule has 2 aromatic carbocycles. The maximum Gasteiger partial charge on any atom is 0.241 e. The Morgan fingerprint density at radius 2 is 1.89 bits per heavy atom. The maximum absolute atomic E-state index is 13.1. The fraction of sp³-hybridized carbons (Fsp3) is 0.316. The molecule has 0 bridgehead atoms. The quantitative estimate of drug-likeness (QED) is 0.820. The number of nitrogens with zero attached hydrogens (tertiary/aromatic N) is 1. The summed E-state index contributed by atoms with van der Waals surface area (Å²) in [6.45, 7) is 2.21. The lowest BCUT2D eigenvalue weighted by Crippen LogP contribution is -2.28. The molecule has 1 aliphatic rings. The summed E-state index contributed by atoms with van der Waals surface area (Å²) in [5.74, 6) is -0.00449. The second-order valence-electron chi connectivity index (χ2n) is 6.38. The predicted molar refractivity (Wildman–Crippen MR) is 99.7 cm³/mol. The van der Waals surface area contributed by atoms with Crippen LogP contribution in [0.3, 0.4) is 0 Å². The van der Waals surface area contributed by atoms with Gasteiger partial charge in [-0.1, -0.05) is 12.1 Å². The Bertz CT molecular complexity index is 945. The van der Waals surface area contributed by atoms with Crippen molar-refractivity contribution >= 4 is 21.6 Å². The van der Waals surface area contributed by atoms with E-state index in [2.05, 4.69) is 4.72 Å². The normalized spacial score (nSPS) is 15.8. The molecular formula is C19H21FN2O4S. The lowest BCUT2D eigenvalue weighted by atomic mass is 10.1. The smallest absolute Gasteiger partial charge is 0.241 e. The molecule has 1 amide bonds. The van der Waals surface area contributed by atoms with Crippen molar-refractivity contribution in [3.05, 3.63) is 53.8 Å². The monoisotopic (exact) mass is 392 g/mol. The first kappa shape index (κ1) is 19.3. The number of anilines is 1. The minimum atomic E-state index is -3.85. The van der Waals surface area contributed by atoms with Gasteiger partial charge in [-0.15, -0.1) is 0 Å². The zero-order chi connectivity index (χ0) is 19.6. The van der Waals surface area contributed by atoms with E-state index in [0.717, 1.165) is 6.42 Å². The number of ether oxygens (including phenoxy) is 1. The van der Waals surface area contributed by atoms with Crippen LogP contribution < -0.4 is 14.4 Å². The number of halogens is 1. The highest BCUT2D eigenvalue weighted by atomic mass is 32.2. The molecule has 2 aromatic rings. The molecule has 3 rings (SSSR count). The van der Waals surface area contributed by atoms with Crippen molar-refractivity contribution in [1.82, 2.24) is 4.72 Å². The first-order valence-corrected chi connectivity index (χ1v) is 10.1. The fourth-order valence-electron chi connectivity index (χ4n) is 3.07. The zero-order valence-corrected chi connectivity index (χ0v) is 15.9. The predicted octanol–water partition coefficient (Wildman–Crippen LogP) is 3.00. The van der Waals surface area contributed by atoms with Crippen molar-refractivity contribution in [2.24, 2.45) is 0 Å². The number of amides is 1. The summed E-state index contributed by atoms with van der Waals surface area (Å²) in [6.07, 6.45) is 1.15. The van der Waals surface area contributed by atoms with E-state index in [4.69, 9.17) is 4.74 Å². The number of hydrogen-bond acceptors (Lipinski definition) is 4. The number of hydrogen-bond donors (Lipinski definition) is 1. The standard InChI is InChI=1S/C19H21FN2O4S/c1-13(14-5-7-15(20)8-6-14)21-27(24,25)16-9-10-18(26-2)17(12-16)22-11-3-4-19(22)23/h5-10,12-13,21H,3-4,11H2,1-2H3/t13-/m0/s1. The molecule has 0 unspecified atom stereocenters. The summed E-state index contributed by atoms with van der Waals surface area (Å²) in [5.41, 5.74) is 1.08. The third-order valence-electron chi connectivity index (χ3n) is 4.53. The lowest BCUT2D eigenvalue weighted by molar-refractivity contribution is -0.117. The largest absolute Gasteiger partial charge is 0.495 e. The molecule has 0 saturated carbocycles. The van der Waals surface area contributed by atoms with Gasteiger partial charge in [-0.25, -0.2) is 17.5 Å². The molecule has 0 aromatic heterocycles. The van der Waals surface area contributed by atoms with Crippen LogP contribution in [0.1, 0.15) is 31.4 Å². The van der Waals surface area contributed by atoms with E-state index < -0.39 is 16.1 Å². The minimum Gasteiger partial charge on any atom is -0.495 e. The zero-order valence-electron chi connectivity index (χ0n) is 15.1. The molecule has 144 valence electrons. The van der Waals surface area contributed by atoms with Crippen molar-refractivity contribution in [2.75, 3.05) is 18.6 Å². The Balaban J connectivity index is 1.89. The van der Waals surface area contributed by atoms with Gasteiger partial charge in [0.2, 0.25) is 15.9 Å². The topological polar surface area (TPSA) is 75.7 Å². The number of nitrogens with one attached hydrogen (secondary N) is 1. The van der Waals surface area contributed by atoms with E-state index in [-0.39, 0.29) is 16.6 Å². The summed E-state index contributed by atoms with van der Waals surface area (Å²) in [6, 6.07) is 9.50. The van der Waals surface area contributed by atoms with Crippen molar-refractivity contribution in [3.8, 4) is 5.75 Å². The van der Waals surface area contributed by atoms with E-state index in [1.807, 2.05) is 0 Å². The molecule has 1 atom stereocenters. The van der Waals surface area contributed by atoms with Gasteiger partial charge in [-0.2, -0.15) is 0 Å².